The fourth-order valence-electron chi connectivity index (χ4n) is 3.10. The number of ether oxygens (including phenoxy) is 2. The average Bonchev–Trinajstić information content (AvgIpc) is 2.73. The smallest absolute Gasteiger partial charge is 0.254 e. The monoisotopic (exact) mass is 398 g/mol. The van der Waals surface area contributed by atoms with Crippen LogP contribution in [0.1, 0.15) is 34.3 Å². The third kappa shape index (κ3) is 4.83. The van der Waals surface area contributed by atoms with E-state index in [0.29, 0.717) is 36.9 Å². The number of nitrogens with zero attached hydrogens (tertiary/aromatic N) is 2. The molecule has 2 aromatic rings. The molecule has 2 aromatic carbocycles. The molecular formula is C22H23ClN2O3. The van der Waals surface area contributed by atoms with Crippen molar-refractivity contribution < 1.29 is 14.3 Å². The number of nitriles is 1. The highest BCUT2D eigenvalue weighted by Gasteiger charge is 2.26. The molecule has 0 spiro atoms. The molecule has 0 aromatic heterocycles. The Kier molecular flexibility index (Phi) is 6.56. The lowest BCUT2D eigenvalue weighted by molar-refractivity contribution is -0.0401. The molecule has 28 heavy (non-hydrogen) atoms. The van der Waals surface area contributed by atoms with E-state index in [1.54, 1.807) is 23.1 Å². The van der Waals surface area contributed by atoms with Crippen molar-refractivity contribution in [2.24, 2.45) is 0 Å². The zero-order chi connectivity index (χ0) is 20.1. The first-order valence-electron chi connectivity index (χ1n) is 9.27. The van der Waals surface area contributed by atoms with Gasteiger partial charge in [0.2, 0.25) is 0 Å². The van der Waals surface area contributed by atoms with Crippen molar-refractivity contribution in [2.75, 3.05) is 26.3 Å². The van der Waals surface area contributed by atoms with E-state index in [4.69, 9.17) is 26.3 Å². The minimum atomic E-state index is -0.249. The molecular weight excluding hydrogens is 376 g/mol. The summed E-state index contributed by atoms with van der Waals surface area (Å²) in [6, 6.07) is 15.0. The van der Waals surface area contributed by atoms with Crippen LogP contribution < -0.4 is 4.74 Å². The number of rotatable bonds is 5. The van der Waals surface area contributed by atoms with Gasteiger partial charge in [0.25, 0.3) is 5.91 Å². The number of benzene rings is 2. The van der Waals surface area contributed by atoms with Crippen LogP contribution in [-0.2, 0) is 4.74 Å². The van der Waals surface area contributed by atoms with Gasteiger partial charge in [-0.25, -0.2) is 0 Å². The molecule has 0 radical (unpaired) electrons. The highest BCUT2D eigenvalue weighted by molar-refractivity contribution is 6.31. The van der Waals surface area contributed by atoms with Gasteiger partial charge in [0.15, 0.2) is 0 Å². The summed E-state index contributed by atoms with van der Waals surface area (Å²) < 4.78 is 11.6. The van der Waals surface area contributed by atoms with Gasteiger partial charge in [0.1, 0.15) is 18.5 Å². The van der Waals surface area contributed by atoms with Crippen molar-refractivity contribution in [1.29, 1.82) is 5.26 Å². The molecule has 1 saturated heterocycles. The summed E-state index contributed by atoms with van der Waals surface area (Å²) in [7, 11) is 0. The van der Waals surface area contributed by atoms with Crippen LogP contribution in [0.25, 0.3) is 0 Å². The lowest BCUT2D eigenvalue weighted by Crippen LogP contribution is -2.47. The lowest BCUT2D eigenvalue weighted by Gasteiger charge is -2.33. The van der Waals surface area contributed by atoms with Crippen molar-refractivity contribution in [2.45, 2.75) is 25.9 Å². The molecule has 3 rings (SSSR count). The molecule has 1 heterocycles. The average molecular weight is 399 g/mol. The maximum absolute atomic E-state index is 12.9. The summed E-state index contributed by atoms with van der Waals surface area (Å²) in [5.74, 6) is 0.427. The zero-order valence-corrected chi connectivity index (χ0v) is 16.8. The maximum Gasteiger partial charge on any atom is 0.254 e. The number of morpholine rings is 1. The standard InChI is InChI=1S/C22H23ClN2O3/c1-15-10-19(6-7-21(15)23)28-14-20-13-25(8-9-27-20)22(26)18-5-3-4-17(11-18)16(2)12-24/h3-7,10-11,16,20H,8-9,13-14H2,1-2H3. The number of amides is 1. The van der Waals surface area contributed by atoms with Gasteiger partial charge in [-0.1, -0.05) is 23.7 Å². The number of halogens is 1. The highest BCUT2D eigenvalue weighted by Crippen LogP contribution is 2.22. The Morgan fingerprint density at radius 2 is 2.21 bits per heavy atom. The first-order chi connectivity index (χ1) is 13.5. The predicted molar refractivity (Wildman–Crippen MR) is 108 cm³/mol. The van der Waals surface area contributed by atoms with E-state index in [-0.39, 0.29) is 17.9 Å². The van der Waals surface area contributed by atoms with E-state index in [9.17, 15) is 4.79 Å². The summed E-state index contributed by atoms with van der Waals surface area (Å²) in [6.45, 7) is 5.57. The Labute approximate surface area is 170 Å². The molecule has 1 aliphatic heterocycles. The second-order valence-electron chi connectivity index (χ2n) is 6.94. The molecule has 146 valence electrons. The summed E-state index contributed by atoms with van der Waals surface area (Å²) in [4.78, 5) is 14.7. The van der Waals surface area contributed by atoms with E-state index in [0.717, 1.165) is 16.9 Å². The third-order valence-electron chi connectivity index (χ3n) is 4.82. The van der Waals surface area contributed by atoms with Crippen LogP contribution in [0.5, 0.6) is 5.75 Å². The van der Waals surface area contributed by atoms with Crippen molar-refractivity contribution in [3.05, 3.63) is 64.2 Å². The Balaban J connectivity index is 1.62. The Bertz CT molecular complexity index is 894. The van der Waals surface area contributed by atoms with Crippen LogP contribution in [-0.4, -0.2) is 43.2 Å². The molecule has 0 saturated carbocycles. The van der Waals surface area contributed by atoms with Gasteiger partial charge in [-0.3, -0.25) is 4.79 Å². The molecule has 1 aliphatic rings. The molecule has 0 N–H and O–H groups in total. The normalized spacial score (nSPS) is 17.6. The van der Waals surface area contributed by atoms with Gasteiger partial charge < -0.3 is 14.4 Å². The molecule has 1 amide bonds. The number of aryl methyl sites for hydroxylation is 1. The second kappa shape index (κ2) is 9.09. The quantitative estimate of drug-likeness (QED) is 0.757. The van der Waals surface area contributed by atoms with Crippen molar-refractivity contribution >= 4 is 17.5 Å². The van der Waals surface area contributed by atoms with Crippen LogP contribution in [0.15, 0.2) is 42.5 Å². The molecule has 1 fully saturated rings. The van der Waals surface area contributed by atoms with Crippen LogP contribution in [0, 0.1) is 18.3 Å². The topological polar surface area (TPSA) is 62.6 Å². The summed E-state index contributed by atoms with van der Waals surface area (Å²) >= 11 is 6.04. The van der Waals surface area contributed by atoms with Crippen molar-refractivity contribution in [3.8, 4) is 11.8 Å². The molecule has 2 atom stereocenters. The van der Waals surface area contributed by atoms with Gasteiger partial charge >= 0.3 is 0 Å². The van der Waals surface area contributed by atoms with Crippen LogP contribution in [0.4, 0.5) is 0 Å². The molecule has 2 unspecified atom stereocenters. The summed E-state index contributed by atoms with van der Waals surface area (Å²) in [6.07, 6.45) is -0.199. The van der Waals surface area contributed by atoms with E-state index >= 15 is 0 Å². The van der Waals surface area contributed by atoms with Gasteiger partial charge in [-0.15, -0.1) is 0 Å². The van der Waals surface area contributed by atoms with Gasteiger partial charge in [0.05, 0.1) is 25.1 Å². The van der Waals surface area contributed by atoms with Gasteiger partial charge in [-0.05, 0) is 55.3 Å². The van der Waals surface area contributed by atoms with Crippen LogP contribution >= 0.6 is 11.6 Å². The van der Waals surface area contributed by atoms with E-state index < -0.39 is 0 Å². The molecule has 0 bridgehead atoms. The maximum atomic E-state index is 12.9. The Hall–Kier alpha value is -2.55. The number of hydrogen-bond donors (Lipinski definition) is 0. The van der Waals surface area contributed by atoms with Crippen molar-refractivity contribution in [1.82, 2.24) is 4.90 Å². The minimum Gasteiger partial charge on any atom is -0.491 e. The fourth-order valence-corrected chi connectivity index (χ4v) is 3.22. The number of carbonyl (C=O) groups is 1. The number of carbonyl (C=O) groups excluding carboxylic acids is 1. The van der Waals surface area contributed by atoms with E-state index in [2.05, 4.69) is 6.07 Å². The van der Waals surface area contributed by atoms with Gasteiger partial charge in [-0.2, -0.15) is 5.26 Å². The lowest BCUT2D eigenvalue weighted by atomic mass is 10.00. The zero-order valence-electron chi connectivity index (χ0n) is 16.0. The second-order valence-corrected chi connectivity index (χ2v) is 7.35. The summed E-state index contributed by atoms with van der Waals surface area (Å²) in [5.41, 5.74) is 2.39. The Morgan fingerprint density at radius 3 is 2.96 bits per heavy atom. The minimum absolute atomic E-state index is 0.0531. The van der Waals surface area contributed by atoms with Crippen LogP contribution in [0.2, 0.25) is 5.02 Å². The largest absolute Gasteiger partial charge is 0.491 e. The molecule has 0 aliphatic carbocycles. The first-order valence-corrected chi connectivity index (χ1v) is 9.65. The Morgan fingerprint density at radius 1 is 1.39 bits per heavy atom. The molecule has 5 nitrogen and oxygen atoms in total. The highest BCUT2D eigenvalue weighted by atomic mass is 35.5. The van der Waals surface area contributed by atoms with E-state index in [1.807, 2.05) is 38.1 Å². The van der Waals surface area contributed by atoms with Crippen molar-refractivity contribution in [3.63, 3.8) is 0 Å². The van der Waals surface area contributed by atoms with Gasteiger partial charge in [0, 0.05) is 17.1 Å². The predicted octanol–water partition coefficient (Wildman–Crippen LogP) is 4.20. The SMILES string of the molecule is Cc1cc(OCC2CN(C(=O)c3cccc(C(C)C#N)c3)CCO2)ccc1Cl. The first kappa shape index (κ1) is 20.2. The van der Waals surface area contributed by atoms with Crippen LogP contribution in [0.3, 0.4) is 0 Å². The number of hydrogen-bond acceptors (Lipinski definition) is 4. The van der Waals surface area contributed by atoms with E-state index in [1.165, 1.54) is 0 Å². The summed E-state index contributed by atoms with van der Waals surface area (Å²) in [5, 5.41) is 9.80. The molecule has 6 heteroatoms. The third-order valence-corrected chi connectivity index (χ3v) is 5.24. The fraction of sp³-hybridized carbons (Fsp3) is 0.364.